The molecule has 92 valence electrons. The van der Waals surface area contributed by atoms with Crippen LogP contribution in [0.4, 0.5) is 5.69 Å². The van der Waals surface area contributed by atoms with Crippen molar-refractivity contribution in [2.45, 2.75) is 24.3 Å². The zero-order chi connectivity index (χ0) is 12.6. The number of aromatic nitrogens is 1. The van der Waals surface area contributed by atoms with Crippen LogP contribution in [0, 0.1) is 0 Å². The predicted octanol–water partition coefficient (Wildman–Crippen LogP) is 2.40. The molecule has 3 heteroatoms. The van der Waals surface area contributed by atoms with E-state index >= 15 is 0 Å². The van der Waals surface area contributed by atoms with Crippen LogP contribution in [0.1, 0.15) is 30.0 Å². The van der Waals surface area contributed by atoms with E-state index < -0.39 is 0 Å². The zero-order valence-corrected chi connectivity index (χ0v) is 10.2. The molecule has 1 saturated carbocycles. The summed E-state index contributed by atoms with van der Waals surface area (Å²) in [5.41, 5.74) is 15.5. The van der Waals surface area contributed by atoms with E-state index in [1.807, 2.05) is 12.1 Å². The third-order valence-corrected chi connectivity index (χ3v) is 3.95. The Morgan fingerprint density at radius 2 is 1.83 bits per heavy atom. The normalized spacial score (nSPS) is 18.3. The second-order valence-corrected chi connectivity index (χ2v) is 5.00. The van der Waals surface area contributed by atoms with Crippen LogP contribution >= 0.6 is 0 Å². The summed E-state index contributed by atoms with van der Waals surface area (Å²) in [6.45, 7) is 0. The van der Waals surface area contributed by atoms with E-state index in [1.54, 1.807) is 12.4 Å². The van der Waals surface area contributed by atoms with Gasteiger partial charge in [0.15, 0.2) is 0 Å². The summed E-state index contributed by atoms with van der Waals surface area (Å²) in [6, 6.07) is 12.2. The standard InChI is InChI=1S/C15H17N3/c16-13-6-9-18-10-12(13)14(17)15(7-8-15)11-4-2-1-3-5-11/h1-6,9-10,14H,7-8,17H2,(H2,16,18). The maximum absolute atomic E-state index is 6.45. The van der Waals surface area contributed by atoms with Crippen molar-refractivity contribution in [3.05, 3.63) is 59.9 Å². The summed E-state index contributed by atoms with van der Waals surface area (Å²) >= 11 is 0. The molecule has 0 aliphatic heterocycles. The lowest BCUT2D eigenvalue weighted by Gasteiger charge is -2.25. The first kappa shape index (κ1) is 11.2. The fourth-order valence-corrected chi connectivity index (χ4v) is 2.66. The number of nitrogens with zero attached hydrogens (tertiary/aromatic N) is 1. The second-order valence-electron chi connectivity index (χ2n) is 5.00. The highest BCUT2D eigenvalue weighted by Gasteiger charge is 2.50. The van der Waals surface area contributed by atoms with Crippen molar-refractivity contribution < 1.29 is 0 Å². The Morgan fingerprint density at radius 3 is 2.44 bits per heavy atom. The fraction of sp³-hybridized carbons (Fsp3) is 0.267. The van der Waals surface area contributed by atoms with Crippen molar-refractivity contribution in [3.8, 4) is 0 Å². The third kappa shape index (κ3) is 1.68. The van der Waals surface area contributed by atoms with Gasteiger partial charge in [-0.25, -0.2) is 0 Å². The molecule has 1 heterocycles. The van der Waals surface area contributed by atoms with E-state index in [1.165, 1.54) is 5.56 Å². The van der Waals surface area contributed by atoms with Gasteiger partial charge in [-0.2, -0.15) is 0 Å². The highest BCUT2D eigenvalue weighted by atomic mass is 14.8. The monoisotopic (exact) mass is 239 g/mol. The number of pyridine rings is 1. The molecule has 0 bridgehead atoms. The van der Waals surface area contributed by atoms with Gasteiger partial charge in [-0.15, -0.1) is 0 Å². The molecule has 0 saturated heterocycles. The van der Waals surface area contributed by atoms with Crippen LogP contribution in [-0.4, -0.2) is 4.98 Å². The second kappa shape index (κ2) is 4.10. The Morgan fingerprint density at radius 1 is 1.11 bits per heavy atom. The van der Waals surface area contributed by atoms with E-state index in [0.717, 1.165) is 24.1 Å². The van der Waals surface area contributed by atoms with Gasteiger partial charge in [0, 0.05) is 35.1 Å². The molecule has 2 aromatic rings. The molecule has 1 unspecified atom stereocenters. The highest BCUT2D eigenvalue weighted by molar-refractivity contribution is 5.50. The van der Waals surface area contributed by atoms with Crippen LogP contribution in [0.3, 0.4) is 0 Å². The van der Waals surface area contributed by atoms with Crippen molar-refractivity contribution in [1.29, 1.82) is 0 Å². The van der Waals surface area contributed by atoms with Crippen LogP contribution in [0.5, 0.6) is 0 Å². The number of nitrogen functional groups attached to an aromatic ring is 1. The molecule has 0 amide bonds. The van der Waals surface area contributed by atoms with Crippen molar-refractivity contribution in [3.63, 3.8) is 0 Å². The summed E-state index contributed by atoms with van der Waals surface area (Å²) < 4.78 is 0. The molecule has 1 aliphatic carbocycles. The Balaban J connectivity index is 1.98. The minimum absolute atomic E-state index is 0.0540. The first-order valence-corrected chi connectivity index (χ1v) is 6.24. The Labute approximate surface area is 107 Å². The van der Waals surface area contributed by atoms with Gasteiger partial charge in [-0.3, -0.25) is 4.98 Å². The number of hydrogen-bond acceptors (Lipinski definition) is 3. The van der Waals surface area contributed by atoms with Gasteiger partial charge in [0.1, 0.15) is 0 Å². The van der Waals surface area contributed by atoms with E-state index in [2.05, 4.69) is 29.2 Å². The molecule has 3 nitrogen and oxygen atoms in total. The number of benzene rings is 1. The number of hydrogen-bond donors (Lipinski definition) is 2. The van der Waals surface area contributed by atoms with Gasteiger partial charge >= 0.3 is 0 Å². The molecule has 1 fully saturated rings. The molecule has 4 N–H and O–H groups in total. The van der Waals surface area contributed by atoms with Crippen LogP contribution in [-0.2, 0) is 5.41 Å². The molecule has 3 rings (SSSR count). The molecule has 1 aromatic carbocycles. The molecule has 1 aromatic heterocycles. The molecule has 1 atom stereocenters. The lowest BCUT2D eigenvalue weighted by molar-refractivity contribution is 0.541. The maximum Gasteiger partial charge on any atom is 0.0429 e. The van der Waals surface area contributed by atoms with E-state index in [9.17, 15) is 0 Å². The quantitative estimate of drug-likeness (QED) is 0.864. The third-order valence-electron chi connectivity index (χ3n) is 3.95. The maximum atomic E-state index is 6.45. The summed E-state index contributed by atoms with van der Waals surface area (Å²) in [5, 5.41) is 0. The van der Waals surface area contributed by atoms with Gasteiger partial charge in [-0.1, -0.05) is 30.3 Å². The minimum atomic E-state index is -0.0754. The number of anilines is 1. The van der Waals surface area contributed by atoms with E-state index in [0.29, 0.717) is 0 Å². The predicted molar refractivity (Wildman–Crippen MR) is 72.9 cm³/mol. The SMILES string of the molecule is Nc1ccncc1C(N)C1(c2ccccc2)CC1. The van der Waals surface area contributed by atoms with Gasteiger partial charge in [0.2, 0.25) is 0 Å². The Kier molecular flexibility index (Phi) is 2.56. The average Bonchev–Trinajstić information content (AvgIpc) is 3.21. The smallest absolute Gasteiger partial charge is 0.0429 e. The first-order chi connectivity index (χ1) is 8.74. The van der Waals surface area contributed by atoms with Gasteiger partial charge in [-0.05, 0) is 24.5 Å². The Hall–Kier alpha value is -1.87. The van der Waals surface area contributed by atoms with Gasteiger partial charge in [0.05, 0.1) is 0 Å². The van der Waals surface area contributed by atoms with E-state index in [-0.39, 0.29) is 11.5 Å². The van der Waals surface area contributed by atoms with Crippen molar-refractivity contribution in [1.82, 2.24) is 4.98 Å². The largest absolute Gasteiger partial charge is 0.398 e. The topological polar surface area (TPSA) is 64.9 Å². The van der Waals surface area contributed by atoms with Gasteiger partial charge in [0.25, 0.3) is 0 Å². The Bertz CT molecular complexity index is 547. The van der Waals surface area contributed by atoms with Crippen molar-refractivity contribution in [2.75, 3.05) is 5.73 Å². The number of rotatable bonds is 3. The summed E-state index contributed by atoms with van der Waals surface area (Å²) in [4.78, 5) is 4.14. The minimum Gasteiger partial charge on any atom is -0.398 e. The lowest BCUT2D eigenvalue weighted by Crippen LogP contribution is -2.27. The number of nitrogens with two attached hydrogens (primary N) is 2. The summed E-state index contributed by atoms with van der Waals surface area (Å²) in [5.74, 6) is 0. The fourth-order valence-electron chi connectivity index (χ4n) is 2.66. The van der Waals surface area contributed by atoms with Gasteiger partial charge < -0.3 is 11.5 Å². The van der Waals surface area contributed by atoms with Crippen LogP contribution in [0.25, 0.3) is 0 Å². The van der Waals surface area contributed by atoms with Crippen molar-refractivity contribution >= 4 is 5.69 Å². The molecular weight excluding hydrogens is 222 g/mol. The van der Waals surface area contributed by atoms with Crippen LogP contribution in [0.15, 0.2) is 48.8 Å². The summed E-state index contributed by atoms with van der Waals surface area (Å²) in [6.07, 6.45) is 5.73. The highest BCUT2D eigenvalue weighted by Crippen LogP contribution is 2.55. The van der Waals surface area contributed by atoms with E-state index in [4.69, 9.17) is 11.5 Å². The molecule has 0 spiro atoms. The van der Waals surface area contributed by atoms with Crippen LogP contribution < -0.4 is 11.5 Å². The average molecular weight is 239 g/mol. The molecule has 18 heavy (non-hydrogen) atoms. The molecule has 0 radical (unpaired) electrons. The van der Waals surface area contributed by atoms with Crippen molar-refractivity contribution in [2.24, 2.45) is 5.73 Å². The molecule has 1 aliphatic rings. The zero-order valence-electron chi connectivity index (χ0n) is 10.2. The lowest BCUT2D eigenvalue weighted by atomic mass is 9.84. The van der Waals surface area contributed by atoms with Crippen LogP contribution in [0.2, 0.25) is 0 Å². The summed E-state index contributed by atoms with van der Waals surface area (Å²) in [7, 11) is 0. The first-order valence-electron chi connectivity index (χ1n) is 6.24. The molecular formula is C15H17N3.